The quantitative estimate of drug-likeness (QED) is 0.881. The summed E-state index contributed by atoms with van der Waals surface area (Å²) in [6.45, 7) is 2.02. The number of nitrogens with two attached hydrogens (primary N) is 1. The maximum absolute atomic E-state index is 9.43. The van der Waals surface area contributed by atoms with E-state index in [2.05, 4.69) is 18.2 Å². The Hall–Kier alpha value is -1.09. The Morgan fingerprint density at radius 3 is 2.41 bits per heavy atom. The molecule has 0 aromatic heterocycles. The molecule has 0 spiro atoms. The zero-order chi connectivity index (χ0) is 11.5. The van der Waals surface area contributed by atoms with E-state index in [1.165, 1.54) is 10.8 Å². The molecule has 2 aromatic carbocycles. The number of fused-ring (bicyclic) bond motifs is 1. The molecule has 0 amide bonds. The third-order valence-electron chi connectivity index (χ3n) is 3.05. The molecule has 0 heterocycles. The number of hydrogen-bond acceptors (Lipinski definition) is 2. The molecule has 3 N–H and O–H groups in total. The van der Waals surface area contributed by atoms with Crippen molar-refractivity contribution < 1.29 is 5.11 Å². The smallest absolute Gasteiger partial charge is 0.0514 e. The van der Waals surface area contributed by atoms with E-state index in [0.29, 0.717) is 0 Å². The van der Waals surface area contributed by atoms with Crippen LogP contribution in [0.3, 0.4) is 0 Å². The molecule has 2 nitrogen and oxygen atoms in total. The van der Waals surface area contributed by atoms with Gasteiger partial charge in [-0.3, -0.25) is 0 Å². The molecule has 3 heteroatoms. The van der Waals surface area contributed by atoms with Crippen LogP contribution in [0.15, 0.2) is 42.5 Å². The van der Waals surface area contributed by atoms with Crippen molar-refractivity contribution in [2.75, 3.05) is 6.61 Å². The average molecular weight is 252 g/mol. The van der Waals surface area contributed by atoms with Gasteiger partial charge in [-0.2, -0.15) is 0 Å². The van der Waals surface area contributed by atoms with Crippen molar-refractivity contribution in [3.05, 3.63) is 48.0 Å². The fourth-order valence-electron chi connectivity index (χ4n) is 2.12. The topological polar surface area (TPSA) is 46.2 Å². The summed E-state index contributed by atoms with van der Waals surface area (Å²) < 4.78 is 0. The first-order valence-electron chi connectivity index (χ1n) is 5.58. The number of halogens is 1. The number of rotatable bonds is 3. The predicted molar refractivity (Wildman–Crippen MR) is 74.7 cm³/mol. The van der Waals surface area contributed by atoms with E-state index in [4.69, 9.17) is 5.73 Å². The standard InChI is InChI=1S/C14H17NO.ClH/c1-10(15)14(9-16)13-8-4-6-11-5-2-3-7-12(11)13;/h2-8,10,14,16H,9,15H2,1H3;1H. The van der Waals surface area contributed by atoms with Crippen LogP contribution in [0.5, 0.6) is 0 Å². The fraction of sp³-hybridized carbons (Fsp3) is 0.286. The lowest BCUT2D eigenvalue weighted by atomic mass is 9.89. The summed E-state index contributed by atoms with van der Waals surface area (Å²) in [5.74, 6) is 0.00565. The van der Waals surface area contributed by atoms with Crippen molar-refractivity contribution in [1.29, 1.82) is 0 Å². The first-order valence-corrected chi connectivity index (χ1v) is 5.58. The summed E-state index contributed by atoms with van der Waals surface area (Å²) in [4.78, 5) is 0. The van der Waals surface area contributed by atoms with Gasteiger partial charge in [0.2, 0.25) is 0 Å². The molecule has 0 bridgehead atoms. The molecule has 0 aliphatic heterocycles. The molecule has 2 unspecified atom stereocenters. The molecule has 0 radical (unpaired) electrons. The Balaban J connectivity index is 0.00000144. The molecule has 0 saturated heterocycles. The van der Waals surface area contributed by atoms with Gasteiger partial charge in [0, 0.05) is 12.0 Å². The molecule has 0 aliphatic carbocycles. The number of aliphatic hydroxyl groups is 1. The molecule has 0 fully saturated rings. The van der Waals surface area contributed by atoms with Gasteiger partial charge in [0.05, 0.1) is 6.61 Å². The van der Waals surface area contributed by atoms with Crippen LogP contribution < -0.4 is 5.73 Å². The van der Waals surface area contributed by atoms with E-state index in [0.717, 1.165) is 5.56 Å². The minimum Gasteiger partial charge on any atom is -0.396 e. The normalized spacial score (nSPS) is 14.1. The van der Waals surface area contributed by atoms with Crippen molar-refractivity contribution in [3.63, 3.8) is 0 Å². The van der Waals surface area contributed by atoms with Crippen molar-refractivity contribution in [3.8, 4) is 0 Å². The van der Waals surface area contributed by atoms with Crippen molar-refractivity contribution in [1.82, 2.24) is 0 Å². The van der Waals surface area contributed by atoms with Gasteiger partial charge in [-0.15, -0.1) is 12.4 Å². The first kappa shape index (κ1) is 14.0. The van der Waals surface area contributed by atoms with Gasteiger partial charge in [-0.1, -0.05) is 42.5 Å². The van der Waals surface area contributed by atoms with E-state index < -0.39 is 0 Å². The maximum atomic E-state index is 9.43. The van der Waals surface area contributed by atoms with Gasteiger partial charge in [0.25, 0.3) is 0 Å². The number of hydrogen-bond donors (Lipinski definition) is 2. The van der Waals surface area contributed by atoms with E-state index >= 15 is 0 Å². The third kappa shape index (κ3) is 2.78. The Morgan fingerprint density at radius 2 is 1.76 bits per heavy atom. The van der Waals surface area contributed by atoms with E-state index in [9.17, 15) is 5.11 Å². The highest BCUT2D eigenvalue weighted by Gasteiger charge is 2.16. The number of benzene rings is 2. The lowest BCUT2D eigenvalue weighted by Gasteiger charge is -2.20. The molecule has 17 heavy (non-hydrogen) atoms. The van der Waals surface area contributed by atoms with Crippen molar-refractivity contribution in [2.24, 2.45) is 5.73 Å². The largest absolute Gasteiger partial charge is 0.396 e. The van der Waals surface area contributed by atoms with Crippen LogP contribution in [0.2, 0.25) is 0 Å². The summed E-state index contributed by atoms with van der Waals surface area (Å²) in [6.07, 6.45) is 0. The minimum atomic E-state index is -0.0455. The lowest BCUT2D eigenvalue weighted by molar-refractivity contribution is 0.252. The van der Waals surface area contributed by atoms with E-state index in [-0.39, 0.29) is 31.0 Å². The minimum absolute atomic E-state index is 0. The van der Waals surface area contributed by atoms with Gasteiger partial charge in [0.15, 0.2) is 0 Å². The molecule has 0 aliphatic rings. The average Bonchev–Trinajstić information content (AvgIpc) is 2.30. The second-order valence-electron chi connectivity index (χ2n) is 4.22. The maximum Gasteiger partial charge on any atom is 0.0514 e. The molecule has 2 atom stereocenters. The molecule has 2 rings (SSSR count). The van der Waals surface area contributed by atoms with Crippen LogP contribution in [0.25, 0.3) is 10.8 Å². The van der Waals surface area contributed by atoms with Gasteiger partial charge in [0.1, 0.15) is 0 Å². The van der Waals surface area contributed by atoms with E-state index in [1.54, 1.807) is 0 Å². The fourth-order valence-corrected chi connectivity index (χ4v) is 2.12. The van der Waals surface area contributed by atoms with Crippen LogP contribution in [-0.2, 0) is 0 Å². The highest BCUT2D eigenvalue weighted by molar-refractivity contribution is 5.86. The van der Waals surface area contributed by atoms with Crippen LogP contribution in [-0.4, -0.2) is 17.8 Å². The second-order valence-corrected chi connectivity index (χ2v) is 4.22. The second kappa shape index (κ2) is 6.01. The molecular formula is C14H18ClNO. The molecular weight excluding hydrogens is 234 g/mol. The molecule has 2 aromatic rings. The van der Waals surface area contributed by atoms with Gasteiger partial charge < -0.3 is 10.8 Å². The Morgan fingerprint density at radius 1 is 1.12 bits per heavy atom. The number of aliphatic hydroxyl groups excluding tert-OH is 1. The molecule has 92 valence electrons. The Bertz CT molecular complexity index is 479. The van der Waals surface area contributed by atoms with Gasteiger partial charge in [-0.05, 0) is 23.3 Å². The summed E-state index contributed by atoms with van der Waals surface area (Å²) >= 11 is 0. The SMILES string of the molecule is CC(N)C(CO)c1cccc2ccccc12.Cl. The van der Waals surface area contributed by atoms with Crippen molar-refractivity contribution >= 4 is 23.2 Å². The zero-order valence-electron chi connectivity index (χ0n) is 9.84. The molecule has 0 saturated carbocycles. The Labute approximate surface area is 108 Å². The zero-order valence-corrected chi connectivity index (χ0v) is 10.7. The summed E-state index contributed by atoms with van der Waals surface area (Å²) in [5.41, 5.74) is 7.05. The summed E-state index contributed by atoms with van der Waals surface area (Å²) in [5, 5.41) is 11.8. The lowest BCUT2D eigenvalue weighted by Crippen LogP contribution is -2.27. The monoisotopic (exact) mass is 251 g/mol. The Kier molecular flexibility index (Phi) is 4.94. The van der Waals surface area contributed by atoms with Crippen LogP contribution in [0, 0.1) is 0 Å². The van der Waals surface area contributed by atoms with Crippen LogP contribution in [0.4, 0.5) is 0 Å². The highest BCUT2D eigenvalue weighted by Crippen LogP contribution is 2.26. The third-order valence-corrected chi connectivity index (χ3v) is 3.05. The van der Waals surface area contributed by atoms with Crippen molar-refractivity contribution in [2.45, 2.75) is 18.9 Å². The summed E-state index contributed by atoms with van der Waals surface area (Å²) in [7, 11) is 0. The summed E-state index contributed by atoms with van der Waals surface area (Å²) in [6, 6.07) is 14.3. The van der Waals surface area contributed by atoms with Gasteiger partial charge in [-0.25, -0.2) is 0 Å². The van der Waals surface area contributed by atoms with Crippen LogP contribution >= 0.6 is 12.4 Å². The first-order chi connectivity index (χ1) is 7.74. The van der Waals surface area contributed by atoms with E-state index in [1.807, 2.05) is 31.2 Å². The van der Waals surface area contributed by atoms with Gasteiger partial charge >= 0.3 is 0 Å². The predicted octanol–water partition coefficient (Wildman–Crippen LogP) is 2.68. The highest BCUT2D eigenvalue weighted by atomic mass is 35.5. The van der Waals surface area contributed by atoms with Crippen LogP contribution in [0.1, 0.15) is 18.4 Å².